The second-order valence-corrected chi connectivity index (χ2v) is 2.43. The monoisotopic (exact) mass is 141 g/mol. The Bertz CT molecular complexity index is 195. The van der Waals surface area contributed by atoms with Crippen LogP contribution in [0.4, 0.5) is 0 Å². The summed E-state index contributed by atoms with van der Waals surface area (Å²) in [5, 5.41) is 3.79. The maximum Gasteiger partial charge on any atom is 0.240 e. The fourth-order valence-corrected chi connectivity index (χ4v) is 0.799. The molecule has 0 aliphatic carbocycles. The van der Waals surface area contributed by atoms with Crippen molar-refractivity contribution in [3.8, 4) is 0 Å². The Morgan fingerprint density at radius 3 is 3.00 bits per heavy atom. The third-order valence-corrected chi connectivity index (χ3v) is 1.36. The molecule has 0 spiro atoms. The maximum absolute atomic E-state index is 4.87. The van der Waals surface area contributed by atoms with Crippen molar-refractivity contribution in [1.82, 2.24) is 5.27 Å². The Morgan fingerprint density at radius 2 is 2.50 bits per heavy atom. The zero-order valence-electron chi connectivity index (χ0n) is 6.50. The van der Waals surface area contributed by atoms with Gasteiger partial charge in [0.2, 0.25) is 12.0 Å². The number of aromatic nitrogens is 2. The van der Waals surface area contributed by atoms with Crippen LogP contribution in [0.25, 0.3) is 0 Å². The summed E-state index contributed by atoms with van der Waals surface area (Å²) >= 11 is 0. The Morgan fingerprint density at radius 1 is 1.70 bits per heavy atom. The van der Waals surface area contributed by atoms with E-state index in [1.54, 1.807) is 0 Å². The van der Waals surface area contributed by atoms with Crippen LogP contribution in [-0.4, -0.2) is 5.27 Å². The highest BCUT2D eigenvalue weighted by Gasteiger charge is 2.04. The van der Waals surface area contributed by atoms with E-state index >= 15 is 0 Å². The highest BCUT2D eigenvalue weighted by atomic mass is 16.5. The van der Waals surface area contributed by atoms with Gasteiger partial charge >= 0.3 is 0 Å². The van der Waals surface area contributed by atoms with Gasteiger partial charge in [-0.15, -0.1) is 0 Å². The van der Waals surface area contributed by atoms with Crippen LogP contribution < -0.4 is 4.68 Å². The van der Waals surface area contributed by atoms with Gasteiger partial charge < -0.3 is 4.52 Å². The van der Waals surface area contributed by atoms with Gasteiger partial charge in [-0.3, -0.25) is 0 Å². The molecule has 3 nitrogen and oxygen atoms in total. The molecule has 0 unspecified atom stereocenters. The van der Waals surface area contributed by atoms with E-state index in [-0.39, 0.29) is 0 Å². The van der Waals surface area contributed by atoms with E-state index in [2.05, 4.69) is 12.2 Å². The van der Waals surface area contributed by atoms with E-state index in [9.17, 15) is 0 Å². The molecule has 10 heavy (non-hydrogen) atoms. The second-order valence-electron chi connectivity index (χ2n) is 2.43. The SMILES string of the molecule is CCCC[n+]1cc(C)on1. The van der Waals surface area contributed by atoms with E-state index in [0.717, 1.165) is 18.7 Å². The van der Waals surface area contributed by atoms with Gasteiger partial charge in [-0.1, -0.05) is 18.0 Å². The third kappa shape index (κ3) is 1.83. The fraction of sp³-hybridized carbons (Fsp3) is 0.714. The lowest BCUT2D eigenvalue weighted by atomic mass is 10.3. The number of aryl methyl sites for hydroxylation is 2. The molecule has 0 aliphatic heterocycles. The summed E-state index contributed by atoms with van der Waals surface area (Å²) in [6, 6.07) is 0. The molecule has 0 radical (unpaired) electrons. The van der Waals surface area contributed by atoms with E-state index in [1.807, 2.05) is 17.8 Å². The van der Waals surface area contributed by atoms with Crippen molar-refractivity contribution in [3.63, 3.8) is 0 Å². The van der Waals surface area contributed by atoms with Crippen LogP contribution >= 0.6 is 0 Å². The molecule has 0 N–H and O–H groups in total. The summed E-state index contributed by atoms with van der Waals surface area (Å²) in [5.41, 5.74) is 0. The Hall–Kier alpha value is -0.860. The van der Waals surface area contributed by atoms with E-state index < -0.39 is 0 Å². The standard InChI is InChI=1S/C7H13N2O/c1-3-4-5-9-6-7(2)10-8-9/h6H,3-5H2,1-2H3/q+1. The van der Waals surface area contributed by atoms with Crippen LogP contribution in [0.5, 0.6) is 0 Å². The second kappa shape index (κ2) is 3.34. The van der Waals surface area contributed by atoms with Gasteiger partial charge in [-0.05, 0) is 0 Å². The normalized spacial score (nSPS) is 10.2. The van der Waals surface area contributed by atoms with Crippen LogP contribution in [0.2, 0.25) is 0 Å². The molecule has 0 saturated carbocycles. The lowest BCUT2D eigenvalue weighted by molar-refractivity contribution is -0.762. The van der Waals surface area contributed by atoms with Gasteiger partial charge in [0.25, 0.3) is 0 Å². The lowest BCUT2D eigenvalue weighted by Gasteiger charge is -1.82. The van der Waals surface area contributed by atoms with Gasteiger partial charge in [0.15, 0.2) is 11.8 Å². The molecule has 0 fully saturated rings. The molecule has 56 valence electrons. The number of unbranched alkanes of at least 4 members (excludes halogenated alkanes) is 1. The van der Waals surface area contributed by atoms with Crippen molar-refractivity contribution in [2.24, 2.45) is 0 Å². The van der Waals surface area contributed by atoms with Crippen LogP contribution in [-0.2, 0) is 6.54 Å². The zero-order valence-corrected chi connectivity index (χ0v) is 6.50. The maximum atomic E-state index is 4.87. The summed E-state index contributed by atoms with van der Waals surface area (Å²) in [5.74, 6) is 0.871. The zero-order chi connectivity index (χ0) is 7.40. The third-order valence-electron chi connectivity index (χ3n) is 1.36. The van der Waals surface area contributed by atoms with Crippen LogP contribution in [0, 0.1) is 6.92 Å². The van der Waals surface area contributed by atoms with Crippen molar-refractivity contribution < 1.29 is 9.20 Å². The average Bonchev–Trinajstić information content (AvgIpc) is 2.31. The molecule has 1 aromatic heterocycles. The molecule has 0 aromatic carbocycles. The van der Waals surface area contributed by atoms with Crippen molar-refractivity contribution in [2.45, 2.75) is 33.2 Å². The highest BCUT2D eigenvalue weighted by molar-refractivity contribution is 4.73. The lowest BCUT2D eigenvalue weighted by Crippen LogP contribution is -2.34. The van der Waals surface area contributed by atoms with Gasteiger partial charge in [-0.25, -0.2) is 0 Å². The van der Waals surface area contributed by atoms with Crippen molar-refractivity contribution >= 4 is 0 Å². The minimum absolute atomic E-state index is 0.871. The summed E-state index contributed by atoms with van der Waals surface area (Å²) < 4.78 is 6.71. The molecule has 1 aromatic rings. The van der Waals surface area contributed by atoms with Gasteiger partial charge in [0.1, 0.15) is 0 Å². The number of rotatable bonds is 3. The first kappa shape index (κ1) is 7.25. The summed E-state index contributed by atoms with van der Waals surface area (Å²) in [4.78, 5) is 0. The van der Waals surface area contributed by atoms with E-state index in [0.29, 0.717) is 0 Å². The van der Waals surface area contributed by atoms with Crippen molar-refractivity contribution in [2.75, 3.05) is 0 Å². The molecule has 0 bridgehead atoms. The Balaban J connectivity index is 2.42. The molecular weight excluding hydrogens is 128 g/mol. The largest absolute Gasteiger partial charge is 0.306 e. The molecule has 3 heteroatoms. The van der Waals surface area contributed by atoms with E-state index in [1.165, 1.54) is 6.42 Å². The fourth-order valence-electron chi connectivity index (χ4n) is 0.799. The Kier molecular flexibility index (Phi) is 2.42. The summed E-state index contributed by atoms with van der Waals surface area (Å²) in [6.45, 7) is 5.02. The van der Waals surface area contributed by atoms with Crippen LogP contribution in [0.15, 0.2) is 10.7 Å². The predicted molar refractivity (Wildman–Crippen MR) is 36.3 cm³/mol. The van der Waals surface area contributed by atoms with Gasteiger partial charge in [0, 0.05) is 13.3 Å². The predicted octanol–water partition coefficient (Wildman–Crippen LogP) is 1.07. The number of nitrogens with zero attached hydrogens (tertiary/aromatic N) is 2. The smallest absolute Gasteiger partial charge is 0.240 e. The first-order chi connectivity index (χ1) is 4.83. The summed E-state index contributed by atoms with van der Waals surface area (Å²) in [7, 11) is 0. The molecule has 0 aliphatic rings. The van der Waals surface area contributed by atoms with Crippen LogP contribution in [0.1, 0.15) is 25.5 Å². The topological polar surface area (TPSA) is 29.9 Å². The van der Waals surface area contributed by atoms with E-state index in [4.69, 9.17) is 4.52 Å². The molecule has 0 amide bonds. The minimum atomic E-state index is 0.871. The van der Waals surface area contributed by atoms with Gasteiger partial charge in [-0.2, -0.15) is 0 Å². The Labute approximate surface area is 60.6 Å². The molecule has 1 rings (SSSR count). The molecule has 0 atom stereocenters. The van der Waals surface area contributed by atoms with Crippen LogP contribution in [0.3, 0.4) is 0 Å². The number of hydrogen-bond acceptors (Lipinski definition) is 2. The summed E-state index contributed by atoms with van der Waals surface area (Å²) in [6.07, 6.45) is 4.27. The molecule has 1 heterocycles. The minimum Gasteiger partial charge on any atom is -0.306 e. The van der Waals surface area contributed by atoms with Crippen molar-refractivity contribution in [3.05, 3.63) is 12.0 Å². The number of hydrogen-bond donors (Lipinski definition) is 0. The first-order valence-corrected chi connectivity index (χ1v) is 3.66. The quantitative estimate of drug-likeness (QED) is 0.589. The first-order valence-electron chi connectivity index (χ1n) is 3.66. The molecule has 0 saturated heterocycles. The highest BCUT2D eigenvalue weighted by Crippen LogP contribution is 1.88. The van der Waals surface area contributed by atoms with Crippen molar-refractivity contribution in [1.29, 1.82) is 0 Å². The van der Waals surface area contributed by atoms with Gasteiger partial charge in [0.05, 0.1) is 0 Å². The molecular formula is C7H13N2O+. The average molecular weight is 141 g/mol.